The van der Waals surface area contributed by atoms with Gasteiger partial charge in [0.2, 0.25) is 0 Å². The van der Waals surface area contributed by atoms with Gasteiger partial charge in [-0.2, -0.15) is 0 Å². The van der Waals surface area contributed by atoms with E-state index in [1.165, 1.54) is 17.5 Å². The Morgan fingerprint density at radius 2 is 2.27 bits per heavy atom. The van der Waals surface area contributed by atoms with Crippen LogP contribution in [0.3, 0.4) is 0 Å². The molecule has 0 aliphatic heterocycles. The van der Waals surface area contributed by atoms with Gasteiger partial charge in [-0.15, -0.1) is 11.3 Å². The molecule has 2 N–H and O–H groups in total. The van der Waals surface area contributed by atoms with E-state index in [0.717, 1.165) is 5.76 Å². The predicted octanol–water partition coefficient (Wildman–Crippen LogP) is 2.85. The SMILES string of the molecule is Cc1ccc(-c2nc(C(=O)Nc3cnccc3CO)cs2)o1. The minimum Gasteiger partial charge on any atom is -0.459 e. The van der Waals surface area contributed by atoms with Crippen molar-refractivity contribution in [3.05, 3.63) is 53.0 Å². The highest BCUT2D eigenvalue weighted by atomic mass is 32.1. The Labute approximate surface area is 130 Å². The number of hydrogen-bond acceptors (Lipinski definition) is 6. The minimum absolute atomic E-state index is 0.174. The lowest BCUT2D eigenvalue weighted by Crippen LogP contribution is -2.14. The average Bonchev–Trinajstić information content (AvgIpc) is 3.16. The first-order chi connectivity index (χ1) is 10.7. The minimum atomic E-state index is -0.353. The van der Waals surface area contributed by atoms with E-state index in [9.17, 15) is 9.90 Å². The topological polar surface area (TPSA) is 88.2 Å². The Hall–Kier alpha value is -2.51. The monoisotopic (exact) mass is 315 g/mol. The molecule has 0 unspecified atom stereocenters. The molecule has 3 aromatic heterocycles. The van der Waals surface area contributed by atoms with Gasteiger partial charge in [-0.3, -0.25) is 9.78 Å². The van der Waals surface area contributed by atoms with Crippen LogP contribution in [0, 0.1) is 6.92 Å². The van der Waals surface area contributed by atoms with Crippen LogP contribution in [-0.2, 0) is 6.61 Å². The molecular weight excluding hydrogens is 302 g/mol. The van der Waals surface area contributed by atoms with Crippen molar-refractivity contribution in [1.29, 1.82) is 0 Å². The Kier molecular flexibility index (Phi) is 3.99. The second-order valence-corrected chi connectivity index (χ2v) is 5.45. The zero-order valence-corrected chi connectivity index (χ0v) is 12.6. The van der Waals surface area contributed by atoms with Crippen molar-refractivity contribution in [2.75, 3.05) is 5.32 Å². The summed E-state index contributed by atoms with van der Waals surface area (Å²) in [6, 6.07) is 5.31. The van der Waals surface area contributed by atoms with Gasteiger partial charge in [-0.05, 0) is 25.1 Å². The van der Waals surface area contributed by atoms with Crippen LogP contribution < -0.4 is 5.32 Å². The predicted molar refractivity (Wildman–Crippen MR) is 82.7 cm³/mol. The second-order valence-electron chi connectivity index (χ2n) is 4.59. The number of nitrogens with one attached hydrogen (secondary N) is 1. The molecule has 0 saturated heterocycles. The van der Waals surface area contributed by atoms with E-state index in [2.05, 4.69) is 15.3 Å². The summed E-state index contributed by atoms with van der Waals surface area (Å²) in [4.78, 5) is 20.4. The van der Waals surface area contributed by atoms with Crippen LogP contribution in [0.1, 0.15) is 21.8 Å². The van der Waals surface area contributed by atoms with E-state index in [-0.39, 0.29) is 12.5 Å². The number of aliphatic hydroxyl groups is 1. The molecule has 3 rings (SSSR count). The van der Waals surface area contributed by atoms with Gasteiger partial charge in [0.15, 0.2) is 10.8 Å². The molecule has 7 heteroatoms. The van der Waals surface area contributed by atoms with Crippen molar-refractivity contribution in [2.45, 2.75) is 13.5 Å². The first-order valence-electron chi connectivity index (χ1n) is 6.55. The molecule has 1 amide bonds. The average molecular weight is 315 g/mol. The van der Waals surface area contributed by atoms with Crippen LogP contribution >= 0.6 is 11.3 Å². The quantitative estimate of drug-likeness (QED) is 0.773. The summed E-state index contributed by atoms with van der Waals surface area (Å²) in [6.07, 6.45) is 3.05. The van der Waals surface area contributed by atoms with Gasteiger partial charge < -0.3 is 14.8 Å². The van der Waals surface area contributed by atoms with Crippen molar-refractivity contribution in [2.24, 2.45) is 0 Å². The Morgan fingerprint density at radius 1 is 1.41 bits per heavy atom. The van der Waals surface area contributed by atoms with Crippen molar-refractivity contribution in [3.63, 3.8) is 0 Å². The maximum atomic E-state index is 12.2. The number of amides is 1. The molecule has 22 heavy (non-hydrogen) atoms. The fourth-order valence-electron chi connectivity index (χ4n) is 1.90. The molecule has 0 atom stereocenters. The van der Waals surface area contributed by atoms with Crippen LogP contribution in [0.5, 0.6) is 0 Å². The molecule has 0 radical (unpaired) electrons. The summed E-state index contributed by atoms with van der Waals surface area (Å²) in [5.41, 5.74) is 1.36. The molecule has 0 aliphatic rings. The number of aryl methyl sites for hydroxylation is 1. The number of thiazole rings is 1. The van der Waals surface area contributed by atoms with Gasteiger partial charge in [0.25, 0.3) is 5.91 Å². The number of furan rings is 1. The first-order valence-corrected chi connectivity index (χ1v) is 7.43. The largest absolute Gasteiger partial charge is 0.459 e. The van der Waals surface area contributed by atoms with E-state index in [0.29, 0.717) is 27.7 Å². The third-order valence-electron chi connectivity index (χ3n) is 3.02. The van der Waals surface area contributed by atoms with E-state index in [1.807, 2.05) is 19.1 Å². The number of pyridine rings is 1. The normalized spacial score (nSPS) is 10.6. The molecule has 0 aliphatic carbocycles. The number of carbonyl (C=O) groups excluding carboxylic acids is 1. The summed E-state index contributed by atoms with van der Waals surface area (Å²) in [5.74, 6) is 1.08. The van der Waals surface area contributed by atoms with Crippen LogP contribution in [0.25, 0.3) is 10.8 Å². The van der Waals surface area contributed by atoms with Crippen molar-refractivity contribution in [3.8, 4) is 10.8 Å². The smallest absolute Gasteiger partial charge is 0.275 e. The van der Waals surface area contributed by atoms with Gasteiger partial charge >= 0.3 is 0 Å². The standard InChI is InChI=1S/C15H13N3O3S/c1-9-2-3-13(21-9)15-18-12(8-22-15)14(20)17-11-6-16-5-4-10(11)7-19/h2-6,8,19H,7H2,1H3,(H,17,20). The number of anilines is 1. The molecule has 0 saturated carbocycles. The van der Waals surface area contributed by atoms with Crippen LogP contribution in [0.15, 0.2) is 40.4 Å². The number of rotatable bonds is 4. The van der Waals surface area contributed by atoms with Crippen LogP contribution in [0.2, 0.25) is 0 Å². The van der Waals surface area contributed by atoms with Gasteiger partial charge in [0, 0.05) is 17.1 Å². The highest BCUT2D eigenvalue weighted by Gasteiger charge is 2.15. The molecule has 3 heterocycles. The molecule has 6 nitrogen and oxygen atoms in total. The summed E-state index contributed by atoms with van der Waals surface area (Å²) >= 11 is 1.33. The van der Waals surface area contributed by atoms with Gasteiger partial charge in [-0.25, -0.2) is 4.98 Å². The molecule has 3 aromatic rings. The zero-order chi connectivity index (χ0) is 15.5. The van der Waals surface area contributed by atoms with E-state index >= 15 is 0 Å². The van der Waals surface area contributed by atoms with E-state index < -0.39 is 0 Å². The van der Waals surface area contributed by atoms with Gasteiger partial charge in [0.05, 0.1) is 18.5 Å². The number of hydrogen-bond donors (Lipinski definition) is 2. The number of carbonyl (C=O) groups is 1. The Balaban J connectivity index is 1.80. The van der Waals surface area contributed by atoms with E-state index in [1.54, 1.807) is 17.6 Å². The molecule has 0 fully saturated rings. The lowest BCUT2D eigenvalue weighted by atomic mass is 10.2. The van der Waals surface area contributed by atoms with Crippen molar-refractivity contribution >= 4 is 22.9 Å². The lowest BCUT2D eigenvalue weighted by molar-refractivity contribution is 0.102. The molecule has 112 valence electrons. The van der Waals surface area contributed by atoms with Crippen molar-refractivity contribution in [1.82, 2.24) is 9.97 Å². The molecule has 0 aromatic carbocycles. The number of nitrogens with zero attached hydrogens (tertiary/aromatic N) is 2. The lowest BCUT2D eigenvalue weighted by Gasteiger charge is -2.06. The summed E-state index contributed by atoms with van der Waals surface area (Å²) in [6.45, 7) is 1.68. The fraction of sp³-hybridized carbons (Fsp3) is 0.133. The number of aromatic nitrogens is 2. The van der Waals surface area contributed by atoms with Crippen LogP contribution in [-0.4, -0.2) is 21.0 Å². The van der Waals surface area contributed by atoms with E-state index in [4.69, 9.17) is 4.42 Å². The summed E-state index contributed by atoms with van der Waals surface area (Å²) < 4.78 is 5.49. The Bertz CT molecular complexity index is 810. The third kappa shape index (κ3) is 2.90. The Morgan fingerprint density at radius 3 is 3.00 bits per heavy atom. The second kappa shape index (κ2) is 6.08. The first kappa shape index (κ1) is 14.4. The zero-order valence-electron chi connectivity index (χ0n) is 11.7. The fourth-order valence-corrected chi connectivity index (χ4v) is 2.66. The highest BCUT2D eigenvalue weighted by Crippen LogP contribution is 2.26. The van der Waals surface area contributed by atoms with Gasteiger partial charge in [0.1, 0.15) is 11.5 Å². The van der Waals surface area contributed by atoms with Crippen molar-refractivity contribution < 1.29 is 14.3 Å². The summed E-state index contributed by atoms with van der Waals surface area (Å²) in [5, 5.41) is 14.3. The molecule has 0 spiro atoms. The highest BCUT2D eigenvalue weighted by molar-refractivity contribution is 7.13. The summed E-state index contributed by atoms with van der Waals surface area (Å²) in [7, 11) is 0. The number of aliphatic hydroxyl groups excluding tert-OH is 1. The maximum Gasteiger partial charge on any atom is 0.275 e. The third-order valence-corrected chi connectivity index (χ3v) is 3.87. The molecule has 0 bridgehead atoms. The van der Waals surface area contributed by atoms with Gasteiger partial charge in [-0.1, -0.05) is 0 Å². The maximum absolute atomic E-state index is 12.2. The van der Waals surface area contributed by atoms with Crippen LogP contribution in [0.4, 0.5) is 5.69 Å². The molecular formula is C15H13N3O3S.